The maximum atomic E-state index is 12.7. The van der Waals surface area contributed by atoms with E-state index < -0.39 is 10.0 Å². The first-order chi connectivity index (χ1) is 12.0. The van der Waals surface area contributed by atoms with Gasteiger partial charge in [0.1, 0.15) is 0 Å². The number of hydrogen-bond donors (Lipinski definition) is 0. The molecular formula is C16H16BrN3O3S2. The Balaban J connectivity index is 1.74. The standard InChI is InChI=1S/C16H16BrN3O3S2/c1-2-20(25(21,22)11-12-5-7-13(17)8-6-12)10-15-18-16(19-23-15)14-4-3-9-24-14/h3-9H,2,10-11H2,1H3. The summed E-state index contributed by atoms with van der Waals surface area (Å²) in [6.45, 7) is 2.18. The molecular weight excluding hydrogens is 426 g/mol. The van der Waals surface area contributed by atoms with Gasteiger partial charge in [0.05, 0.1) is 17.2 Å². The van der Waals surface area contributed by atoms with Crippen molar-refractivity contribution >= 4 is 37.3 Å². The maximum Gasteiger partial charge on any atom is 0.242 e. The van der Waals surface area contributed by atoms with Crippen LogP contribution in [-0.2, 0) is 22.3 Å². The van der Waals surface area contributed by atoms with E-state index >= 15 is 0 Å². The fraction of sp³-hybridized carbons (Fsp3) is 0.250. The molecule has 0 bridgehead atoms. The molecule has 0 aliphatic carbocycles. The Morgan fingerprint density at radius 2 is 2.00 bits per heavy atom. The molecule has 6 nitrogen and oxygen atoms in total. The molecule has 25 heavy (non-hydrogen) atoms. The predicted octanol–water partition coefficient (Wildman–Crippen LogP) is 3.91. The highest BCUT2D eigenvalue weighted by molar-refractivity contribution is 9.10. The van der Waals surface area contributed by atoms with Gasteiger partial charge in [-0.15, -0.1) is 11.3 Å². The lowest BCUT2D eigenvalue weighted by atomic mass is 10.2. The predicted molar refractivity (Wildman–Crippen MR) is 100 cm³/mol. The minimum Gasteiger partial charge on any atom is -0.337 e. The van der Waals surface area contributed by atoms with Gasteiger partial charge in [0.2, 0.25) is 21.7 Å². The van der Waals surface area contributed by atoms with Crippen LogP contribution in [0.4, 0.5) is 0 Å². The van der Waals surface area contributed by atoms with Crippen LogP contribution < -0.4 is 0 Å². The molecule has 3 rings (SSSR count). The summed E-state index contributed by atoms with van der Waals surface area (Å²) in [5.41, 5.74) is 0.728. The van der Waals surface area contributed by atoms with Crippen molar-refractivity contribution in [2.75, 3.05) is 6.54 Å². The molecule has 0 unspecified atom stereocenters. The third-order valence-corrected chi connectivity index (χ3v) is 6.80. The van der Waals surface area contributed by atoms with E-state index in [2.05, 4.69) is 26.1 Å². The molecule has 0 atom stereocenters. The summed E-state index contributed by atoms with van der Waals surface area (Å²) >= 11 is 4.85. The molecule has 9 heteroatoms. The van der Waals surface area contributed by atoms with Gasteiger partial charge in [-0.2, -0.15) is 9.29 Å². The summed E-state index contributed by atoms with van der Waals surface area (Å²) in [6, 6.07) is 11.0. The Morgan fingerprint density at radius 3 is 2.64 bits per heavy atom. The van der Waals surface area contributed by atoms with Crippen molar-refractivity contribution < 1.29 is 12.9 Å². The summed E-state index contributed by atoms with van der Waals surface area (Å²) < 4.78 is 32.8. The van der Waals surface area contributed by atoms with Gasteiger partial charge in [-0.05, 0) is 29.1 Å². The summed E-state index contributed by atoms with van der Waals surface area (Å²) in [5.74, 6) is 0.691. The highest BCUT2D eigenvalue weighted by atomic mass is 79.9. The second-order valence-corrected chi connectivity index (χ2v) is 9.13. The van der Waals surface area contributed by atoms with Crippen LogP contribution in [0.3, 0.4) is 0 Å². The number of nitrogens with zero attached hydrogens (tertiary/aromatic N) is 3. The molecule has 2 aromatic heterocycles. The highest BCUT2D eigenvalue weighted by Crippen LogP contribution is 2.22. The first-order valence-corrected chi connectivity index (χ1v) is 10.8. The normalized spacial score (nSPS) is 12.0. The average Bonchev–Trinajstić information content (AvgIpc) is 3.25. The molecule has 1 aromatic carbocycles. The number of rotatable bonds is 7. The van der Waals surface area contributed by atoms with Crippen molar-refractivity contribution in [3.05, 3.63) is 57.7 Å². The van der Waals surface area contributed by atoms with Gasteiger partial charge in [-0.1, -0.05) is 46.2 Å². The lowest BCUT2D eigenvalue weighted by Gasteiger charge is -2.18. The fourth-order valence-electron chi connectivity index (χ4n) is 2.27. The lowest BCUT2D eigenvalue weighted by molar-refractivity contribution is 0.321. The lowest BCUT2D eigenvalue weighted by Crippen LogP contribution is -2.31. The van der Waals surface area contributed by atoms with Crippen molar-refractivity contribution in [1.82, 2.24) is 14.4 Å². The van der Waals surface area contributed by atoms with Gasteiger partial charge in [0, 0.05) is 11.0 Å². The van der Waals surface area contributed by atoms with Gasteiger partial charge in [0.25, 0.3) is 0 Å². The van der Waals surface area contributed by atoms with Crippen LogP contribution in [0.25, 0.3) is 10.7 Å². The second kappa shape index (κ2) is 7.77. The maximum absolute atomic E-state index is 12.7. The zero-order valence-corrected chi connectivity index (χ0v) is 16.6. The zero-order chi connectivity index (χ0) is 17.9. The molecule has 0 aliphatic heterocycles. The second-order valence-electron chi connectivity index (χ2n) is 5.30. The molecule has 3 aromatic rings. The summed E-state index contributed by atoms with van der Waals surface area (Å²) in [7, 11) is -3.49. The molecule has 0 N–H and O–H groups in total. The number of aromatic nitrogens is 2. The van der Waals surface area contributed by atoms with Gasteiger partial charge in [0.15, 0.2) is 0 Å². The van der Waals surface area contributed by atoms with Crippen LogP contribution in [0, 0.1) is 0 Å². The number of sulfonamides is 1. The molecule has 0 saturated heterocycles. The van der Waals surface area contributed by atoms with Crippen LogP contribution in [0.5, 0.6) is 0 Å². The Bertz CT molecular complexity index is 922. The minimum absolute atomic E-state index is 0.0632. The van der Waals surface area contributed by atoms with E-state index in [0.717, 1.165) is 14.9 Å². The summed E-state index contributed by atoms with van der Waals surface area (Å²) in [5, 5.41) is 5.84. The summed E-state index contributed by atoms with van der Waals surface area (Å²) in [4.78, 5) is 5.18. The highest BCUT2D eigenvalue weighted by Gasteiger charge is 2.24. The largest absolute Gasteiger partial charge is 0.337 e. The Kier molecular flexibility index (Phi) is 5.67. The third kappa shape index (κ3) is 4.55. The van der Waals surface area contributed by atoms with Crippen LogP contribution >= 0.6 is 27.3 Å². The van der Waals surface area contributed by atoms with Crippen LogP contribution in [0.2, 0.25) is 0 Å². The van der Waals surface area contributed by atoms with Crippen LogP contribution in [0.1, 0.15) is 18.4 Å². The van der Waals surface area contributed by atoms with Crippen molar-refractivity contribution in [2.45, 2.75) is 19.2 Å². The van der Waals surface area contributed by atoms with Gasteiger partial charge in [-0.3, -0.25) is 0 Å². The van der Waals surface area contributed by atoms with Gasteiger partial charge >= 0.3 is 0 Å². The molecule has 0 radical (unpaired) electrons. The third-order valence-electron chi connectivity index (χ3n) is 3.53. The van der Waals surface area contributed by atoms with Crippen molar-refractivity contribution in [1.29, 1.82) is 0 Å². The number of halogens is 1. The molecule has 0 spiro atoms. The van der Waals surface area contributed by atoms with Gasteiger partial charge in [-0.25, -0.2) is 8.42 Å². The van der Waals surface area contributed by atoms with Crippen LogP contribution in [0.15, 0.2) is 50.8 Å². The quantitative estimate of drug-likeness (QED) is 0.555. The molecule has 132 valence electrons. The first-order valence-electron chi connectivity index (χ1n) is 7.56. The zero-order valence-electron chi connectivity index (χ0n) is 13.4. The van der Waals surface area contributed by atoms with Crippen LogP contribution in [-0.4, -0.2) is 29.4 Å². The Morgan fingerprint density at radius 1 is 1.24 bits per heavy atom. The van der Waals surface area contributed by atoms with Crippen molar-refractivity contribution in [3.63, 3.8) is 0 Å². The molecule has 0 amide bonds. The van der Waals surface area contributed by atoms with Crippen molar-refractivity contribution in [3.8, 4) is 10.7 Å². The van der Waals surface area contributed by atoms with E-state index in [9.17, 15) is 8.42 Å². The van der Waals surface area contributed by atoms with E-state index in [1.165, 1.54) is 15.6 Å². The fourth-order valence-corrected chi connectivity index (χ4v) is 4.68. The first kappa shape index (κ1) is 18.2. The average molecular weight is 442 g/mol. The molecule has 0 saturated carbocycles. The smallest absolute Gasteiger partial charge is 0.242 e. The van der Waals surface area contributed by atoms with E-state index in [4.69, 9.17) is 4.52 Å². The molecule has 0 fully saturated rings. The summed E-state index contributed by atoms with van der Waals surface area (Å²) in [6.07, 6.45) is 0. The van der Waals surface area contributed by atoms with Crippen molar-refractivity contribution in [2.24, 2.45) is 0 Å². The van der Waals surface area contributed by atoms with E-state index in [1.807, 2.05) is 29.6 Å². The number of thiophene rings is 1. The monoisotopic (exact) mass is 441 g/mol. The topological polar surface area (TPSA) is 76.3 Å². The van der Waals surface area contributed by atoms with E-state index in [0.29, 0.717) is 12.4 Å². The van der Waals surface area contributed by atoms with E-state index in [1.54, 1.807) is 19.1 Å². The number of benzene rings is 1. The molecule has 2 heterocycles. The minimum atomic E-state index is -3.49. The molecule has 0 aliphatic rings. The Hall–Kier alpha value is -1.55. The SMILES string of the molecule is CCN(Cc1nc(-c2cccs2)no1)S(=O)(=O)Cc1ccc(Br)cc1. The number of hydrogen-bond acceptors (Lipinski definition) is 6. The van der Waals surface area contributed by atoms with E-state index in [-0.39, 0.29) is 18.2 Å². The van der Waals surface area contributed by atoms with Gasteiger partial charge < -0.3 is 4.52 Å². The Labute approximate surface area is 158 Å².